The van der Waals surface area contributed by atoms with E-state index in [1.807, 2.05) is 0 Å². The number of hydrogen-bond acceptors (Lipinski definition) is 8. The second-order valence-electron chi connectivity index (χ2n) is 7.26. The number of carbonyl (C=O) groups is 2. The first kappa shape index (κ1) is 25.3. The van der Waals surface area contributed by atoms with Crippen LogP contribution in [0.2, 0.25) is 0 Å². The Hall–Kier alpha value is -3.31. The molecular weight excluding hydrogens is 442 g/mol. The number of fused-ring (bicyclic) bond motifs is 1. The van der Waals surface area contributed by atoms with Gasteiger partial charge in [0.25, 0.3) is 5.91 Å². The third kappa shape index (κ3) is 7.92. The molecule has 0 aliphatic carbocycles. The van der Waals surface area contributed by atoms with Gasteiger partial charge in [-0.05, 0) is 49.4 Å². The molecule has 0 bridgehead atoms. The smallest absolute Gasteiger partial charge is 0.257 e. The van der Waals surface area contributed by atoms with E-state index >= 15 is 0 Å². The summed E-state index contributed by atoms with van der Waals surface area (Å²) in [5.41, 5.74) is 2.36. The second-order valence-corrected chi connectivity index (χ2v) is 7.26. The molecule has 0 saturated carbocycles. The molecule has 10 nitrogen and oxygen atoms in total. The van der Waals surface area contributed by atoms with Gasteiger partial charge in [0.05, 0.1) is 57.3 Å². The Morgan fingerprint density at radius 3 is 2.15 bits per heavy atom. The fraction of sp³-hybridized carbons (Fsp3) is 0.375. The number of carbonyl (C=O) groups excluding carboxylic acids is 2. The van der Waals surface area contributed by atoms with Gasteiger partial charge in [0.15, 0.2) is 5.78 Å². The predicted octanol–water partition coefficient (Wildman–Crippen LogP) is 2.44. The molecule has 0 spiro atoms. The monoisotopic (exact) mass is 471 g/mol. The fourth-order valence-corrected chi connectivity index (χ4v) is 2.99. The Bertz CT molecular complexity index is 1070. The highest BCUT2D eigenvalue weighted by Gasteiger charge is 2.11. The molecule has 182 valence electrons. The molecule has 1 aromatic heterocycles. The van der Waals surface area contributed by atoms with Crippen LogP contribution in [0.15, 0.2) is 42.5 Å². The van der Waals surface area contributed by atoms with Gasteiger partial charge in [0.1, 0.15) is 12.4 Å². The molecule has 1 amide bonds. The minimum absolute atomic E-state index is 0.00614. The number of nitrogens with zero attached hydrogens (tertiary/aromatic N) is 1. The van der Waals surface area contributed by atoms with Gasteiger partial charge in [-0.2, -0.15) is 0 Å². The van der Waals surface area contributed by atoms with Crippen molar-refractivity contribution in [2.75, 3.05) is 58.2 Å². The number of aromatic nitrogens is 2. The van der Waals surface area contributed by atoms with E-state index in [2.05, 4.69) is 15.3 Å². The maximum Gasteiger partial charge on any atom is 0.257 e. The summed E-state index contributed by atoms with van der Waals surface area (Å²) in [6, 6.07) is 11.9. The van der Waals surface area contributed by atoms with Crippen molar-refractivity contribution in [2.24, 2.45) is 0 Å². The maximum atomic E-state index is 12.5. The molecule has 0 aliphatic rings. The molecule has 3 N–H and O–H groups in total. The van der Waals surface area contributed by atoms with Crippen molar-refractivity contribution in [1.82, 2.24) is 9.97 Å². The number of benzene rings is 2. The van der Waals surface area contributed by atoms with Gasteiger partial charge < -0.3 is 29.0 Å². The van der Waals surface area contributed by atoms with Crippen LogP contribution in [0.25, 0.3) is 11.0 Å². The average Bonchev–Trinajstić information content (AvgIpc) is 3.24. The Morgan fingerprint density at radius 2 is 1.50 bits per heavy atom. The molecule has 10 heteroatoms. The van der Waals surface area contributed by atoms with Gasteiger partial charge in [-0.3, -0.25) is 14.9 Å². The van der Waals surface area contributed by atoms with E-state index in [0.29, 0.717) is 80.1 Å². The van der Waals surface area contributed by atoms with E-state index in [9.17, 15) is 9.59 Å². The number of aliphatic hydroxyl groups excluding tert-OH is 1. The quantitative estimate of drug-likeness (QED) is 0.227. The number of hydrogen-bond donors (Lipinski definition) is 3. The van der Waals surface area contributed by atoms with Crippen LogP contribution in [-0.2, 0) is 14.2 Å². The molecule has 0 atom stereocenters. The summed E-state index contributed by atoms with van der Waals surface area (Å²) in [5, 5.41) is 11.3. The minimum atomic E-state index is -0.317. The first-order valence-electron chi connectivity index (χ1n) is 11.0. The van der Waals surface area contributed by atoms with Crippen molar-refractivity contribution in [3.63, 3.8) is 0 Å². The van der Waals surface area contributed by atoms with Crippen molar-refractivity contribution in [3.05, 3.63) is 53.6 Å². The first-order valence-corrected chi connectivity index (χ1v) is 11.0. The molecule has 0 unspecified atom stereocenters. The van der Waals surface area contributed by atoms with Gasteiger partial charge in [0, 0.05) is 11.1 Å². The largest absolute Gasteiger partial charge is 0.491 e. The van der Waals surface area contributed by atoms with Crippen molar-refractivity contribution in [2.45, 2.75) is 6.92 Å². The summed E-state index contributed by atoms with van der Waals surface area (Å²) in [6.07, 6.45) is 0. The van der Waals surface area contributed by atoms with Crippen LogP contribution in [0, 0.1) is 0 Å². The molecule has 34 heavy (non-hydrogen) atoms. The van der Waals surface area contributed by atoms with Crippen molar-refractivity contribution in [1.29, 1.82) is 0 Å². The number of anilines is 1. The fourth-order valence-electron chi connectivity index (χ4n) is 2.99. The summed E-state index contributed by atoms with van der Waals surface area (Å²) in [5.74, 6) is 0.571. The van der Waals surface area contributed by atoms with E-state index in [1.54, 1.807) is 42.5 Å². The summed E-state index contributed by atoms with van der Waals surface area (Å²) < 4.78 is 21.4. The predicted molar refractivity (Wildman–Crippen MR) is 126 cm³/mol. The molecule has 0 saturated heterocycles. The Kier molecular flexibility index (Phi) is 9.98. The Balaban J connectivity index is 1.36. The number of ketones is 1. The third-order valence-corrected chi connectivity index (χ3v) is 4.71. The van der Waals surface area contributed by atoms with E-state index in [0.717, 1.165) is 0 Å². The average molecular weight is 472 g/mol. The SMILES string of the molecule is CC(=O)c1ccc2nc(NC(=O)c3ccc(OCCOCCOCCOCCO)cc3)[nH]c2c1. The molecular formula is C24H29N3O7. The van der Waals surface area contributed by atoms with Crippen molar-refractivity contribution >= 4 is 28.7 Å². The molecule has 1 heterocycles. The highest BCUT2D eigenvalue weighted by Crippen LogP contribution is 2.18. The van der Waals surface area contributed by atoms with Crippen LogP contribution < -0.4 is 10.1 Å². The number of aliphatic hydroxyl groups is 1. The highest BCUT2D eigenvalue weighted by molar-refractivity contribution is 6.04. The zero-order chi connectivity index (χ0) is 24.2. The van der Waals surface area contributed by atoms with Crippen LogP contribution in [0.4, 0.5) is 5.95 Å². The number of aromatic amines is 1. The number of rotatable bonds is 15. The lowest BCUT2D eigenvalue weighted by Gasteiger charge is -2.08. The first-order chi connectivity index (χ1) is 16.6. The van der Waals surface area contributed by atoms with E-state index in [1.165, 1.54) is 6.92 Å². The van der Waals surface area contributed by atoms with Crippen LogP contribution in [0.5, 0.6) is 5.75 Å². The topological polar surface area (TPSA) is 132 Å². The molecule has 0 aliphatic heterocycles. The highest BCUT2D eigenvalue weighted by atomic mass is 16.6. The van der Waals surface area contributed by atoms with E-state index < -0.39 is 0 Å². The Labute approximate surface area is 197 Å². The van der Waals surface area contributed by atoms with E-state index in [-0.39, 0.29) is 18.3 Å². The van der Waals surface area contributed by atoms with Gasteiger partial charge in [0.2, 0.25) is 5.95 Å². The van der Waals surface area contributed by atoms with Crippen LogP contribution in [0.1, 0.15) is 27.6 Å². The lowest BCUT2D eigenvalue weighted by molar-refractivity contribution is 0.00361. The summed E-state index contributed by atoms with van der Waals surface area (Å²) >= 11 is 0. The van der Waals surface area contributed by atoms with Crippen molar-refractivity contribution in [3.8, 4) is 5.75 Å². The second kappa shape index (κ2) is 13.4. The maximum absolute atomic E-state index is 12.5. The molecule has 2 aromatic carbocycles. The summed E-state index contributed by atoms with van der Waals surface area (Å²) in [7, 11) is 0. The number of amides is 1. The zero-order valence-electron chi connectivity index (χ0n) is 19.0. The molecule has 0 radical (unpaired) electrons. The van der Waals surface area contributed by atoms with Crippen LogP contribution in [0.3, 0.4) is 0 Å². The minimum Gasteiger partial charge on any atom is -0.491 e. The number of ether oxygens (including phenoxy) is 4. The number of imidazole rings is 1. The summed E-state index contributed by atoms with van der Waals surface area (Å²) in [4.78, 5) is 31.4. The van der Waals surface area contributed by atoms with Crippen LogP contribution >= 0.6 is 0 Å². The van der Waals surface area contributed by atoms with Crippen LogP contribution in [-0.4, -0.2) is 79.6 Å². The molecule has 3 aromatic rings. The number of Topliss-reactive ketones (excluding diaryl/α,β-unsaturated/α-hetero) is 1. The standard InChI is InChI=1S/C24H29N3O7/c1-17(29)19-4-7-21-22(16-19)26-24(25-21)27-23(30)18-2-5-20(6-3-18)34-15-14-33-13-12-32-11-10-31-9-8-28/h2-7,16,28H,8-15H2,1H3,(H2,25,26,27,30). The Morgan fingerprint density at radius 1 is 0.882 bits per heavy atom. The number of H-pyrrole nitrogens is 1. The lowest BCUT2D eigenvalue weighted by Crippen LogP contribution is -2.14. The van der Waals surface area contributed by atoms with Gasteiger partial charge in [-0.25, -0.2) is 4.98 Å². The van der Waals surface area contributed by atoms with Gasteiger partial charge in [-0.15, -0.1) is 0 Å². The molecule has 3 rings (SSSR count). The normalized spacial score (nSPS) is 11.0. The number of nitrogens with one attached hydrogen (secondary N) is 2. The zero-order valence-corrected chi connectivity index (χ0v) is 19.0. The lowest BCUT2D eigenvalue weighted by atomic mass is 10.1. The third-order valence-electron chi connectivity index (χ3n) is 4.71. The van der Waals surface area contributed by atoms with E-state index in [4.69, 9.17) is 24.1 Å². The van der Waals surface area contributed by atoms with Gasteiger partial charge >= 0.3 is 0 Å². The van der Waals surface area contributed by atoms with Gasteiger partial charge in [-0.1, -0.05) is 0 Å². The molecule has 0 fully saturated rings. The summed E-state index contributed by atoms with van der Waals surface area (Å²) in [6.45, 7) is 4.39. The van der Waals surface area contributed by atoms with Crippen molar-refractivity contribution < 1.29 is 33.6 Å².